The van der Waals surface area contributed by atoms with E-state index in [9.17, 15) is 14.0 Å². The molecule has 0 aromatic heterocycles. The first kappa shape index (κ1) is 21.4. The molecule has 5 nitrogen and oxygen atoms in total. The van der Waals surface area contributed by atoms with Gasteiger partial charge in [0.05, 0.1) is 0 Å². The second-order valence-electron chi connectivity index (χ2n) is 6.38. The molecule has 1 saturated heterocycles. The Bertz CT molecular complexity index is 548. The summed E-state index contributed by atoms with van der Waals surface area (Å²) in [5.74, 6) is 0.363. The Morgan fingerprint density at radius 3 is 2.40 bits per heavy atom. The lowest BCUT2D eigenvalue weighted by Gasteiger charge is -2.27. The number of hydrogen-bond acceptors (Lipinski definition) is 3. The summed E-state index contributed by atoms with van der Waals surface area (Å²) in [6, 6.07) is 5.37. The van der Waals surface area contributed by atoms with Crippen LogP contribution in [-0.4, -0.2) is 38.0 Å². The zero-order valence-corrected chi connectivity index (χ0v) is 15.3. The van der Waals surface area contributed by atoms with Gasteiger partial charge in [0.25, 0.3) is 5.91 Å². The van der Waals surface area contributed by atoms with Gasteiger partial charge in [0.15, 0.2) is 0 Å². The van der Waals surface area contributed by atoms with Crippen LogP contribution in [0.2, 0.25) is 0 Å². The lowest BCUT2D eigenvalue weighted by atomic mass is 9.84. The van der Waals surface area contributed by atoms with Crippen LogP contribution in [0.5, 0.6) is 0 Å². The Morgan fingerprint density at radius 1 is 1.16 bits per heavy atom. The number of carbonyl (C=O) groups is 2. The highest BCUT2D eigenvalue weighted by Gasteiger charge is 2.21. The highest BCUT2D eigenvalue weighted by Crippen LogP contribution is 2.23. The van der Waals surface area contributed by atoms with Crippen molar-refractivity contribution in [2.45, 2.75) is 26.2 Å². The maximum Gasteiger partial charge on any atom is 0.251 e. The van der Waals surface area contributed by atoms with Gasteiger partial charge in [-0.2, -0.15) is 0 Å². The fourth-order valence-electron chi connectivity index (χ4n) is 3.03. The van der Waals surface area contributed by atoms with E-state index >= 15 is 0 Å². The molecule has 2 amide bonds. The van der Waals surface area contributed by atoms with Crippen LogP contribution in [0, 0.1) is 17.7 Å². The molecule has 0 bridgehead atoms. The first-order valence-corrected chi connectivity index (χ1v) is 8.57. The topological polar surface area (TPSA) is 70.2 Å². The van der Waals surface area contributed by atoms with Crippen LogP contribution in [-0.2, 0) is 4.79 Å². The van der Waals surface area contributed by atoms with Crippen LogP contribution in [0.3, 0.4) is 0 Å². The predicted molar refractivity (Wildman–Crippen MR) is 98.4 cm³/mol. The minimum Gasteiger partial charge on any atom is -0.354 e. The molecule has 2 rings (SSSR count). The van der Waals surface area contributed by atoms with Crippen molar-refractivity contribution >= 4 is 24.2 Å². The fourth-order valence-corrected chi connectivity index (χ4v) is 3.03. The van der Waals surface area contributed by atoms with Gasteiger partial charge in [0.1, 0.15) is 5.82 Å². The number of hydrogen-bond donors (Lipinski definition) is 3. The summed E-state index contributed by atoms with van der Waals surface area (Å²) in [4.78, 5) is 23.8. The second kappa shape index (κ2) is 11.1. The Morgan fingerprint density at radius 2 is 1.76 bits per heavy atom. The van der Waals surface area contributed by atoms with E-state index in [1.165, 1.54) is 24.3 Å². The van der Waals surface area contributed by atoms with Crippen molar-refractivity contribution in [3.05, 3.63) is 35.6 Å². The van der Waals surface area contributed by atoms with E-state index in [4.69, 9.17) is 0 Å². The predicted octanol–water partition coefficient (Wildman–Crippen LogP) is 2.12. The summed E-state index contributed by atoms with van der Waals surface area (Å²) in [5.41, 5.74) is 0.405. The lowest BCUT2D eigenvalue weighted by Crippen LogP contribution is -2.36. The molecule has 3 N–H and O–H groups in total. The summed E-state index contributed by atoms with van der Waals surface area (Å²) in [5, 5.41) is 8.88. The molecule has 1 aliphatic rings. The standard InChI is InChI=1S/C18H26FN3O2.ClH/c1-13(14-6-8-20-9-7-14)12-17(23)21-10-11-22-18(24)15-2-4-16(19)5-3-15;/h2-5,13-14,20H,6-12H2,1H3,(H,21,23)(H,22,24);1H. The first-order chi connectivity index (χ1) is 11.6. The molecule has 1 heterocycles. The third-order valence-electron chi connectivity index (χ3n) is 4.54. The van der Waals surface area contributed by atoms with Crippen molar-refractivity contribution in [2.24, 2.45) is 11.8 Å². The fraction of sp³-hybridized carbons (Fsp3) is 0.556. The molecule has 140 valence electrons. The van der Waals surface area contributed by atoms with E-state index in [-0.39, 0.29) is 30.0 Å². The summed E-state index contributed by atoms with van der Waals surface area (Å²) < 4.78 is 12.8. The largest absolute Gasteiger partial charge is 0.354 e. The van der Waals surface area contributed by atoms with Crippen LogP contribution >= 0.6 is 12.4 Å². The smallest absolute Gasteiger partial charge is 0.251 e. The number of piperidine rings is 1. The molecular formula is C18H27ClFN3O2. The van der Waals surface area contributed by atoms with E-state index in [1.807, 2.05) is 0 Å². The van der Waals surface area contributed by atoms with E-state index in [1.54, 1.807) is 0 Å². The Kier molecular flexibility index (Phi) is 9.45. The molecule has 0 radical (unpaired) electrons. The summed E-state index contributed by atoms with van der Waals surface area (Å²) in [6.07, 6.45) is 2.78. The number of amides is 2. The highest BCUT2D eigenvalue weighted by molar-refractivity contribution is 5.94. The minimum atomic E-state index is -0.373. The average Bonchev–Trinajstić information content (AvgIpc) is 2.60. The van der Waals surface area contributed by atoms with Gasteiger partial charge in [0, 0.05) is 25.1 Å². The van der Waals surface area contributed by atoms with Gasteiger partial charge < -0.3 is 16.0 Å². The summed E-state index contributed by atoms with van der Waals surface area (Å²) >= 11 is 0. The van der Waals surface area contributed by atoms with Gasteiger partial charge >= 0.3 is 0 Å². The van der Waals surface area contributed by atoms with Crippen molar-refractivity contribution in [1.82, 2.24) is 16.0 Å². The van der Waals surface area contributed by atoms with Gasteiger partial charge in [-0.1, -0.05) is 6.92 Å². The lowest BCUT2D eigenvalue weighted by molar-refractivity contribution is -0.122. The molecule has 1 fully saturated rings. The first-order valence-electron chi connectivity index (χ1n) is 8.57. The minimum absolute atomic E-state index is 0. The quantitative estimate of drug-likeness (QED) is 0.643. The van der Waals surface area contributed by atoms with Crippen LogP contribution in [0.1, 0.15) is 36.5 Å². The third kappa shape index (κ3) is 7.40. The molecule has 1 aromatic rings. The van der Waals surface area contributed by atoms with Crippen molar-refractivity contribution in [3.8, 4) is 0 Å². The molecule has 0 saturated carbocycles. The molecule has 1 aromatic carbocycles. The Hall–Kier alpha value is -1.66. The van der Waals surface area contributed by atoms with E-state index in [0.29, 0.717) is 36.9 Å². The zero-order chi connectivity index (χ0) is 17.4. The molecule has 1 atom stereocenters. The van der Waals surface area contributed by atoms with Crippen LogP contribution < -0.4 is 16.0 Å². The second-order valence-corrected chi connectivity index (χ2v) is 6.38. The monoisotopic (exact) mass is 371 g/mol. The van der Waals surface area contributed by atoms with Crippen molar-refractivity contribution in [2.75, 3.05) is 26.2 Å². The van der Waals surface area contributed by atoms with E-state index in [2.05, 4.69) is 22.9 Å². The van der Waals surface area contributed by atoms with Gasteiger partial charge in [-0.25, -0.2) is 4.39 Å². The summed E-state index contributed by atoms with van der Waals surface area (Å²) in [6.45, 7) is 4.94. The number of benzene rings is 1. The zero-order valence-electron chi connectivity index (χ0n) is 14.5. The van der Waals surface area contributed by atoms with Crippen molar-refractivity contribution < 1.29 is 14.0 Å². The molecular weight excluding hydrogens is 345 g/mol. The number of nitrogens with one attached hydrogen (secondary N) is 3. The Balaban J connectivity index is 0.00000312. The molecule has 25 heavy (non-hydrogen) atoms. The molecule has 0 spiro atoms. The third-order valence-corrected chi connectivity index (χ3v) is 4.54. The SMILES string of the molecule is CC(CC(=O)NCCNC(=O)c1ccc(F)cc1)C1CCNCC1.Cl. The normalized spacial score (nSPS) is 15.8. The molecule has 7 heteroatoms. The molecule has 1 unspecified atom stereocenters. The number of carbonyl (C=O) groups excluding carboxylic acids is 2. The van der Waals surface area contributed by atoms with Gasteiger partial charge in [0.2, 0.25) is 5.91 Å². The number of rotatable bonds is 7. The van der Waals surface area contributed by atoms with Gasteiger partial charge in [-0.15, -0.1) is 12.4 Å². The van der Waals surface area contributed by atoms with Crippen LogP contribution in [0.4, 0.5) is 4.39 Å². The maximum absolute atomic E-state index is 12.8. The van der Waals surface area contributed by atoms with E-state index < -0.39 is 0 Å². The number of halogens is 2. The maximum atomic E-state index is 12.8. The average molecular weight is 372 g/mol. The van der Waals surface area contributed by atoms with Crippen LogP contribution in [0.25, 0.3) is 0 Å². The van der Waals surface area contributed by atoms with Crippen molar-refractivity contribution in [3.63, 3.8) is 0 Å². The summed E-state index contributed by atoms with van der Waals surface area (Å²) in [7, 11) is 0. The Labute approximate surface area is 154 Å². The van der Waals surface area contributed by atoms with E-state index in [0.717, 1.165) is 25.9 Å². The molecule has 0 aliphatic carbocycles. The van der Waals surface area contributed by atoms with Gasteiger partial charge in [-0.05, 0) is 62.0 Å². The molecule has 1 aliphatic heterocycles. The van der Waals surface area contributed by atoms with Gasteiger partial charge in [-0.3, -0.25) is 9.59 Å². The highest BCUT2D eigenvalue weighted by atomic mass is 35.5. The van der Waals surface area contributed by atoms with Crippen LogP contribution in [0.15, 0.2) is 24.3 Å². The van der Waals surface area contributed by atoms with Crippen molar-refractivity contribution in [1.29, 1.82) is 0 Å².